The molecule has 0 aromatic heterocycles. The third kappa shape index (κ3) is 3.77. The van der Waals surface area contributed by atoms with E-state index in [1.54, 1.807) is 19.1 Å². The van der Waals surface area contributed by atoms with E-state index in [4.69, 9.17) is 10.2 Å². The molecule has 0 aliphatic carbocycles. The van der Waals surface area contributed by atoms with Crippen LogP contribution in [-0.4, -0.2) is 34.8 Å². The number of likely N-dealkylation sites (N-methyl/N-ethyl adjacent to an activating group) is 1. The van der Waals surface area contributed by atoms with Crippen LogP contribution in [0.3, 0.4) is 0 Å². The summed E-state index contributed by atoms with van der Waals surface area (Å²) in [7, 11) is 1.96. The standard InChI is InChI=1S/C11H17NO2/c1-9(13)7-12(2)8-10-3-5-11(14)6-4-10/h3-6,9,13-14H,7-8H2,1-2H3. The van der Waals surface area contributed by atoms with Crippen molar-refractivity contribution in [3.05, 3.63) is 29.8 Å². The first-order chi connectivity index (χ1) is 6.58. The number of phenolic OH excluding ortho intramolecular Hbond substituents is 1. The Bertz CT molecular complexity index is 269. The molecule has 0 fully saturated rings. The Hall–Kier alpha value is -1.06. The van der Waals surface area contributed by atoms with Gasteiger partial charge in [0, 0.05) is 13.1 Å². The van der Waals surface area contributed by atoms with Crippen molar-refractivity contribution >= 4 is 0 Å². The van der Waals surface area contributed by atoms with E-state index in [-0.39, 0.29) is 11.9 Å². The summed E-state index contributed by atoms with van der Waals surface area (Å²) in [6, 6.07) is 7.11. The van der Waals surface area contributed by atoms with Crippen molar-refractivity contribution in [2.75, 3.05) is 13.6 Å². The summed E-state index contributed by atoms with van der Waals surface area (Å²) in [5.74, 6) is 0.284. The molecule has 1 aromatic carbocycles. The van der Waals surface area contributed by atoms with Gasteiger partial charge in [0.1, 0.15) is 5.75 Å². The molecule has 78 valence electrons. The summed E-state index contributed by atoms with van der Waals surface area (Å²) in [5, 5.41) is 18.2. The summed E-state index contributed by atoms with van der Waals surface area (Å²) >= 11 is 0. The van der Waals surface area contributed by atoms with Crippen LogP contribution in [0.5, 0.6) is 5.75 Å². The number of benzene rings is 1. The van der Waals surface area contributed by atoms with E-state index in [2.05, 4.69) is 0 Å². The van der Waals surface area contributed by atoms with Crippen molar-refractivity contribution in [2.24, 2.45) is 0 Å². The second-order valence-corrected chi connectivity index (χ2v) is 3.71. The first-order valence-corrected chi connectivity index (χ1v) is 4.72. The molecule has 0 bridgehead atoms. The lowest BCUT2D eigenvalue weighted by Crippen LogP contribution is -2.26. The van der Waals surface area contributed by atoms with Gasteiger partial charge < -0.3 is 10.2 Å². The molecule has 0 heterocycles. The first kappa shape index (κ1) is 11.0. The number of rotatable bonds is 4. The summed E-state index contributed by atoms with van der Waals surface area (Å²) in [4.78, 5) is 2.04. The highest BCUT2D eigenvalue weighted by Gasteiger charge is 2.03. The largest absolute Gasteiger partial charge is 0.508 e. The van der Waals surface area contributed by atoms with Gasteiger partial charge in [-0.1, -0.05) is 12.1 Å². The zero-order valence-electron chi connectivity index (χ0n) is 8.64. The molecule has 0 amide bonds. The van der Waals surface area contributed by atoms with Crippen LogP contribution in [0.15, 0.2) is 24.3 Å². The van der Waals surface area contributed by atoms with E-state index in [0.717, 1.165) is 12.1 Å². The molecule has 0 spiro atoms. The third-order valence-electron chi connectivity index (χ3n) is 1.96. The smallest absolute Gasteiger partial charge is 0.115 e. The summed E-state index contributed by atoms with van der Waals surface area (Å²) < 4.78 is 0. The van der Waals surface area contributed by atoms with Crippen molar-refractivity contribution in [3.8, 4) is 5.75 Å². The van der Waals surface area contributed by atoms with E-state index < -0.39 is 0 Å². The van der Waals surface area contributed by atoms with E-state index in [1.807, 2.05) is 24.1 Å². The Kier molecular flexibility index (Phi) is 3.92. The molecule has 0 radical (unpaired) electrons. The van der Waals surface area contributed by atoms with Crippen molar-refractivity contribution in [2.45, 2.75) is 19.6 Å². The lowest BCUT2D eigenvalue weighted by atomic mass is 10.2. The normalized spacial score (nSPS) is 13.1. The number of aromatic hydroxyl groups is 1. The van der Waals surface area contributed by atoms with E-state index in [9.17, 15) is 0 Å². The van der Waals surface area contributed by atoms with Gasteiger partial charge >= 0.3 is 0 Å². The van der Waals surface area contributed by atoms with E-state index in [1.165, 1.54) is 0 Å². The molecule has 1 rings (SSSR count). The number of hydrogen-bond acceptors (Lipinski definition) is 3. The van der Waals surface area contributed by atoms with Gasteiger partial charge in [-0.2, -0.15) is 0 Å². The van der Waals surface area contributed by atoms with Gasteiger partial charge in [0.25, 0.3) is 0 Å². The third-order valence-corrected chi connectivity index (χ3v) is 1.96. The first-order valence-electron chi connectivity index (χ1n) is 4.72. The average Bonchev–Trinajstić information content (AvgIpc) is 2.07. The van der Waals surface area contributed by atoms with Gasteiger partial charge in [0.15, 0.2) is 0 Å². The predicted octanol–water partition coefficient (Wildman–Crippen LogP) is 1.20. The van der Waals surface area contributed by atoms with Crippen molar-refractivity contribution in [3.63, 3.8) is 0 Å². The van der Waals surface area contributed by atoms with Crippen molar-refractivity contribution in [1.29, 1.82) is 0 Å². The Morgan fingerprint density at radius 3 is 2.36 bits per heavy atom. The minimum Gasteiger partial charge on any atom is -0.508 e. The Morgan fingerprint density at radius 1 is 1.29 bits per heavy atom. The maximum Gasteiger partial charge on any atom is 0.115 e. The van der Waals surface area contributed by atoms with Crippen LogP contribution in [-0.2, 0) is 6.54 Å². The molecule has 0 saturated heterocycles. The van der Waals surface area contributed by atoms with Gasteiger partial charge in [0.05, 0.1) is 6.10 Å². The molecule has 1 unspecified atom stereocenters. The second-order valence-electron chi connectivity index (χ2n) is 3.71. The highest BCUT2D eigenvalue weighted by atomic mass is 16.3. The van der Waals surface area contributed by atoms with E-state index in [0.29, 0.717) is 6.54 Å². The lowest BCUT2D eigenvalue weighted by molar-refractivity contribution is 0.138. The molecular weight excluding hydrogens is 178 g/mol. The average molecular weight is 195 g/mol. The van der Waals surface area contributed by atoms with Crippen LogP contribution in [0.25, 0.3) is 0 Å². The fraction of sp³-hybridized carbons (Fsp3) is 0.455. The molecule has 3 heteroatoms. The van der Waals surface area contributed by atoms with Crippen LogP contribution in [0.2, 0.25) is 0 Å². The molecule has 1 atom stereocenters. The van der Waals surface area contributed by atoms with E-state index >= 15 is 0 Å². The topological polar surface area (TPSA) is 43.7 Å². The monoisotopic (exact) mass is 195 g/mol. The minimum absolute atomic E-state index is 0.284. The SMILES string of the molecule is CC(O)CN(C)Cc1ccc(O)cc1. The maximum atomic E-state index is 9.16. The van der Waals surface area contributed by atoms with Crippen LogP contribution in [0, 0.1) is 0 Å². The van der Waals surface area contributed by atoms with Crippen LogP contribution in [0.4, 0.5) is 0 Å². The van der Waals surface area contributed by atoms with Crippen molar-refractivity contribution in [1.82, 2.24) is 4.90 Å². The summed E-state index contributed by atoms with van der Waals surface area (Å²) in [6.45, 7) is 3.21. The Balaban J connectivity index is 2.47. The molecular formula is C11H17NO2. The van der Waals surface area contributed by atoms with Gasteiger partial charge in [-0.15, -0.1) is 0 Å². The zero-order valence-corrected chi connectivity index (χ0v) is 8.64. The number of phenols is 1. The van der Waals surface area contributed by atoms with Crippen LogP contribution < -0.4 is 0 Å². The molecule has 3 nitrogen and oxygen atoms in total. The van der Waals surface area contributed by atoms with Gasteiger partial charge in [-0.05, 0) is 31.7 Å². The molecule has 14 heavy (non-hydrogen) atoms. The Morgan fingerprint density at radius 2 is 1.86 bits per heavy atom. The molecule has 0 aliphatic rings. The van der Waals surface area contributed by atoms with Gasteiger partial charge in [-0.25, -0.2) is 0 Å². The van der Waals surface area contributed by atoms with Crippen LogP contribution in [0.1, 0.15) is 12.5 Å². The summed E-state index contributed by atoms with van der Waals surface area (Å²) in [5.41, 5.74) is 1.13. The number of aliphatic hydroxyl groups excluding tert-OH is 1. The van der Waals surface area contributed by atoms with Crippen molar-refractivity contribution < 1.29 is 10.2 Å². The minimum atomic E-state index is -0.308. The highest BCUT2D eigenvalue weighted by Crippen LogP contribution is 2.10. The predicted molar refractivity (Wildman–Crippen MR) is 56.1 cm³/mol. The van der Waals surface area contributed by atoms with Gasteiger partial charge in [0.2, 0.25) is 0 Å². The highest BCUT2D eigenvalue weighted by molar-refractivity contribution is 5.25. The molecule has 1 aromatic rings. The lowest BCUT2D eigenvalue weighted by Gasteiger charge is -2.18. The molecule has 2 N–H and O–H groups in total. The fourth-order valence-electron chi connectivity index (χ4n) is 1.43. The quantitative estimate of drug-likeness (QED) is 0.759. The number of nitrogens with zero attached hydrogens (tertiary/aromatic N) is 1. The van der Waals surface area contributed by atoms with Gasteiger partial charge in [-0.3, -0.25) is 4.90 Å². The molecule has 0 saturated carbocycles. The fourth-order valence-corrected chi connectivity index (χ4v) is 1.43. The number of hydrogen-bond donors (Lipinski definition) is 2. The van der Waals surface area contributed by atoms with Crippen LogP contribution >= 0.6 is 0 Å². The zero-order chi connectivity index (χ0) is 10.6. The Labute approximate surface area is 84.6 Å². The molecule has 0 aliphatic heterocycles. The summed E-state index contributed by atoms with van der Waals surface area (Å²) in [6.07, 6.45) is -0.308. The number of aliphatic hydroxyl groups is 1. The second kappa shape index (κ2) is 4.98. The maximum absolute atomic E-state index is 9.16.